The topological polar surface area (TPSA) is 86.7 Å². The number of carbonyl (C=O) groups is 1. The molecule has 1 unspecified atom stereocenters. The summed E-state index contributed by atoms with van der Waals surface area (Å²) in [5.41, 5.74) is 0. The lowest BCUT2D eigenvalue weighted by atomic mass is 10.1. The highest BCUT2D eigenvalue weighted by atomic mass is 79.9. The molecule has 1 aromatic rings. The van der Waals surface area contributed by atoms with Gasteiger partial charge in [-0.15, -0.1) is 11.3 Å². The number of halogens is 1. The van der Waals surface area contributed by atoms with E-state index >= 15 is 0 Å². The highest BCUT2D eigenvalue weighted by Crippen LogP contribution is 2.24. The third-order valence-electron chi connectivity index (χ3n) is 3.15. The summed E-state index contributed by atoms with van der Waals surface area (Å²) >= 11 is 4.77. The van der Waals surface area contributed by atoms with Gasteiger partial charge in [0.25, 0.3) is 10.2 Å². The Balaban J connectivity index is 2.08. The number of hydrogen-bond acceptors (Lipinski definition) is 4. The number of hydrogen-bond donors (Lipinski definition) is 2. The van der Waals surface area contributed by atoms with Crippen molar-refractivity contribution in [3.8, 4) is 0 Å². The Kier molecular flexibility index (Phi) is 5.19. The maximum absolute atomic E-state index is 12.2. The lowest BCUT2D eigenvalue weighted by Crippen LogP contribution is -2.51. The van der Waals surface area contributed by atoms with Gasteiger partial charge < -0.3 is 5.11 Å². The summed E-state index contributed by atoms with van der Waals surface area (Å²) < 4.78 is 28.9. The molecule has 1 aromatic heterocycles. The summed E-state index contributed by atoms with van der Waals surface area (Å²) in [7, 11) is -3.78. The van der Waals surface area contributed by atoms with Gasteiger partial charge in [-0.25, -0.2) is 0 Å². The molecule has 9 heteroatoms. The molecule has 1 fully saturated rings. The minimum atomic E-state index is -3.78. The monoisotopic (exact) mass is 382 g/mol. The summed E-state index contributed by atoms with van der Waals surface area (Å²) in [6, 6.07) is 0.878. The number of nitrogens with zero attached hydrogens (tertiary/aromatic N) is 1. The smallest absolute Gasteiger partial charge is 0.322 e. The van der Waals surface area contributed by atoms with Crippen molar-refractivity contribution < 1.29 is 18.3 Å². The van der Waals surface area contributed by atoms with E-state index in [1.165, 1.54) is 11.3 Å². The molecule has 112 valence electrons. The van der Waals surface area contributed by atoms with E-state index in [9.17, 15) is 13.2 Å². The Morgan fingerprint density at radius 1 is 1.55 bits per heavy atom. The zero-order valence-corrected chi connectivity index (χ0v) is 13.8. The summed E-state index contributed by atoms with van der Waals surface area (Å²) in [5, 5.41) is 11.0. The van der Waals surface area contributed by atoms with Crippen molar-refractivity contribution in [2.75, 3.05) is 6.54 Å². The SMILES string of the molecule is O=C(O)C1CCCCN1S(=O)(=O)NCc1sccc1Br. The highest BCUT2D eigenvalue weighted by Gasteiger charge is 2.36. The van der Waals surface area contributed by atoms with Gasteiger partial charge in [0, 0.05) is 22.4 Å². The van der Waals surface area contributed by atoms with Crippen LogP contribution < -0.4 is 4.72 Å². The number of carboxylic acids is 1. The van der Waals surface area contributed by atoms with Crippen molar-refractivity contribution in [3.63, 3.8) is 0 Å². The summed E-state index contributed by atoms with van der Waals surface area (Å²) in [5.74, 6) is -1.09. The second-order valence-electron chi connectivity index (χ2n) is 4.48. The molecule has 2 rings (SSSR count). The fourth-order valence-corrected chi connectivity index (χ4v) is 5.05. The first-order chi connectivity index (χ1) is 9.42. The predicted octanol–water partition coefficient (Wildman–Crippen LogP) is 1.78. The maximum Gasteiger partial charge on any atom is 0.322 e. The molecule has 0 spiro atoms. The molecule has 1 aliphatic rings. The molecular formula is C11H15BrN2O4S2. The van der Waals surface area contributed by atoms with Crippen molar-refractivity contribution in [1.29, 1.82) is 0 Å². The largest absolute Gasteiger partial charge is 0.480 e. The maximum atomic E-state index is 12.2. The Morgan fingerprint density at radius 2 is 2.30 bits per heavy atom. The standard InChI is InChI=1S/C11H15BrN2O4S2/c12-8-4-6-19-10(8)7-13-20(17,18)14-5-2-1-3-9(14)11(15)16/h4,6,9,13H,1-3,5,7H2,(H,15,16). The Hall–Kier alpha value is -0.480. The molecule has 6 nitrogen and oxygen atoms in total. The van der Waals surface area contributed by atoms with Crippen molar-refractivity contribution >= 4 is 43.4 Å². The van der Waals surface area contributed by atoms with Crippen molar-refractivity contribution in [2.24, 2.45) is 0 Å². The number of aliphatic carboxylic acids is 1. The number of rotatable bonds is 5. The van der Waals surface area contributed by atoms with Crippen LogP contribution in [0.1, 0.15) is 24.1 Å². The summed E-state index contributed by atoms with van der Waals surface area (Å²) in [6.07, 6.45) is 1.78. The number of nitrogens with one attached hydrogen (secondary N) is 1. The first-order valence-corrected chi connectivity index (χ1v) is 9.24. The average molecular weight is 383 g/mol. The fourth-order valence-electron chi connectivity index (χ4n) is 2.13. The van der Waals surface area contributed by atoms with Crippen LogP contribution in [-0.4, -0.2) is 36.4 Å². The van der Waals surface area contributed by atoms with Crippen LogP contribution in [0.2, 0.25) is 0 Å². The molecule has 20 heavy (non-hydrogen) atoms. The molecule has 0 saturated carbocycles. The second-order valence-corrected chi connectivity index (χ2v) is 8.04. The molecule has 0 amide bonds. The van der Waals surface area contributed by atoms with E-state index in [0.29, 0.717) is 12.8 Å². The number of thiophene rings is 1. The molecule has 0 bridgehead atoms. The molecular weight excluding hydrogens is 368 g/mol. The number of piperidine rings is 1. The lowest BCUT2D eigenvalue weighted by Gasteiger charge is -2.31. The van der Waals surface area contributed by atoms with Crippen LogP contribution in [0, 0.1) is 0 Å². The van der Waals surface area contributed by atoms with Crippen LogP contribution in [-0.2, 0) is 21.5 Å². The first kappa shape index (κ1) is 15.9. The van der Waals surface area contributed by atoms with E-state index in [0.717, 1.165) is 20.1 Å². The Morgan fingerprint density at radius 3 is 2.90 bits per heavy atom. The molecule has 1 aliphatic heterocycles. The molecule has 2 heterocycles. The molecule has 1 saturated heterocycles. The quantitative estimate of drug-likeness (QED) is 0.812. The predicted molar refractivity (Wildman–Crippen MR) is 79.8 cm³/mol. The van der Waals surface area contributed by atoms with Gasteiger partial charge in [-0.05, 0) is 46.6 Å². The average Bonchev–Trinajstić information content (AvgIpc) is 2.82. The van der Waals surface area contributed by atoms with Crippen LogP contribution >= 0.6 is 27.3 Å². The van der Waals surface area contributed by atoms with Crippen molar-refractivity contribution in [1.82, 2.24) is 9.03 Å². The van der Waals surface area contributed by atoms with Crippen LogP contribution in [0.4, 0.5) is 0 Å². The van der Waals surface area contributed by atoms with Gasteiger partial charge in [0.05, 0.1) is 0 Å². The summed E-state index contributed by atoms with van der Waals surface area (Å²) in [4.78, 5) is 12.0. The van der Waals surface area contributed by atoms with Gasteiger partial charge >= 0.3 is 5.97 Å². The van der Waals surface area contributed by atoms with Gasteiger partial charge in [-0.2, -0.15) is 17.4 Å². The molecule has 0 radical (unpaired) electrons. The molecule has 0 aliphatic carbocycles. The van der Waals surface area contributed by atoms with Crippen LogP contribution in [0.5, 0.6) is 0 Å². The molecule has 0 aromatic carbocycles. The van der Waals surface area contributed by atoms with Crippen LogP contribution in [0.3, 0.4) is 0 Å². The van der Waals surface area contributed by atoms with Gasteiger partial charge in [0.15, 0.2) is 0 Å². The zero-order chi connectivity index (χ0) is 14.8. The zero-order valence-electron chi connectivity index (χ0n) is 10.6. The normalized spacial score (nSPS) is 20.9. The van der Waals surface area contributed by atoms with E-state index in [1.54, 1.807) is 0 Å². The van der Waals surface area contributed by atoms with Crippen LogP contribution in [0.25, 0.3) is 0 Å². The Labute approximate surface area is 130 Å². The second kappa shape index (κ2) is 6.52. The first-order valence-electron chi connectivity index (χ1n) is 6.13. The van der Waals surface area contributed by atoms with E-state index < -0.39 is 22.2 Å². The summed E-state index contributed by atoms with van der Waals surface area (Å²) in [6.45, 7) is 0.404. The highest BCUT2D eigenvalue weighted by molar-refractivity contribution is 9.10. The van der Waals surface area contributed by atoms with E-state index in [2.05, 4.69) is 20.7 Å². The van der Waals surface area contributed by atoms with Gasteiger partial charge in [-0.3, -0.25) is 4.79 Å². The fraction of sp³-hybridized carbons (Fsp3) is 0.545. The van der Waals surface area contributed by atoms with Gasteiger partial charge in [-0.1, -0.05) is 0 Å². The van der Waals surface area contributed by atoms with Gasteiger partial charge in [0.2, 0.25) is 0 Å². The minimum absolute atomic E-state index is 0.156. The minimum Gasteiger partial charge on any atom is -0.480 e. The third kappa shape index (κ3) is 3.59. The number of carboxylic acid groups (broad SMARTS) is 1. The van der Waals surface area contributed by atoms with Crippen molar-refractivity contribution in [3.05, 3.63) is 20.8 Å². The molecule has 2 N–H and O–H groups in total. The van der Waals surface area contributed by atoms with E-state index in [4.69, 9.17) is 5.11 Å². The van der Waals surface area contributed by atoms with E-state index in [1.807, 2.05) is 11.4 Å². The lowest BCUT2D eigenvalue weighted by molar-refractivity contribution is -0.142. The molecule has 1 atom stereocenters. The Bertz CT molecular complexity index is 587. The van der Waals surface area contributed by atoms with Gasteiger partial charge in [0.1, 0.15) is 6.04 Å². The van der Waals surface area contributed by atoms with Crippen molar-refractivity contribution in [2.45, 2.75) is 31.8 Å². The third-order valence-corrected chi connectivity index (χ3v) is 6.64. The van der Waals surface area contributed by atoms with Crippen LogP contribution in [0.15, 0.2) is 15.9 Å². The van der Waals surface area contributed by atoms with E-state index in [-0.39, 0.29) is 13.1 Å².